The van der Waals surface area contributed by atoms with Gasteiger partial charge in [-0.2, -0.15) is 0 Å². The van der Waals surface area contributed by atoms with Gasteiger partial charge in [0.2, 0.25) is 0 Å². The molecule has 0 fully saturated rings. The lowest BCUT2D eigenvalue weighted by molar-refractivity contribution is -0.151. The Hall–Kier alpha value is -1.55. The molecule has 1 aromatic rings. The van der Waals surface area contributed by atoms with E-state index in [0.29, 0.717) is 13.1 Å². The van der Waals surface area contributed by atoms with Gasteiger partial charge in [0.15, 0.2) is 0 Å². The number of benzene rings is 1. The van der Waals surface area contributed by atoms with Gasteiger partial charge in [-0.15, -0.1) is 0 Å². The average Bonchev–Trinajstić information content (AvgIpc) is 2.39. The predicted molar refractivity (Wildman–Crippen MR) is 70.9 cm³/mol. The van der Waals surface area contributed by atoms with E-state index in [1.54, 1.807) is 26.2 Å². The molecule has 0 bridgehead atoms. The van der Waals surface area contributed by atoms with Crippen molar-refractivity contribution >= 4 is 5.97 Å². The standard InChI is InChI=1S/C14H21NO3/c1-5-15(6-2)14(3,13(16)17)11-7-9-12(18-4)10-8-11/h7-10H,5-6H2,1-4H3,(H,16,17)/t14-/m1/s1. The van der Waals surface area contributed by atoms with E-state index in [1.807, 2.05) is 30.9 Å². The third kappa shape index (κ3) is 2.48. The molecular weight excluding hydrogens is 230 g/mol. The number of hydrogen-bond donors (Lipinski definition) is 1. The van der Waals surface area contributed by atoms with Crippen molar-refractivity contribution in [2.24, 2.45) is 0 Å². The van der Waals surface area contributed by atoms with Gasteiger partial charge in [0.25, 0.3) is 0 Å². The van der Waals surface area contributed by atoms with Crippen LogP contribution in [0.2, 0.25) is 0 Å². The summed E-state index contributed by atoms with van der Waals surface area (Å²) in [6.45, 7) is 7.04. The quantitative estimate of drug-likeness (QED) is 0.843. The first-order valence-electron chi connectivity index (χ1n) is 6.13. The van der Waals surface area contributed by atoms with Crippen LogP contribution in [0.4, 0.5) is 0 Å². The molecule has 1 atom stereocenters. The molecule has 1 N–H and O–H groups in total. The largest absolute Gasteiger partial charge is 0.497 e. The number of carboxylic acids is 1. The number of likely N-dealkylation sites (N-methyl/N-ethyl adjacent to an activating group) is 1. The highest BCUT2D eigenvalue weighted by atomic mass is 16.5. The zero-order chi connectivity index (χ0) is 13.8. The second-order valence-corrected chi connectivity index (χ2v) is 4.28. The number of carboxylic acid groups (broad SMARTS) is 1. The second-order valence-electron chi connectivity index (χ2n) is 4.28. The Kier molecular flexibility index (Phi) is 4.73. The van der Waals surface area contributed by atoms with Crippen molar-refractivity contribution in [2.75, 3.05) is 20.2 Å². The van der Waals surface area contributed by atoms with Crippen molar-refractivity contribution in [3.05, 3.63) is 29.8 Å². The number of nitrogens with zero attached hydrogens (tertiary/aromatic N) is 1. The summed E-state index contributed by atoms with van der Waals surface area (Å²) in [7, 11) is 1.59. The Balaban J connectivity index is 3.21. The molecule has 4 heteroatoms. The van der Waals surface area contributed by atoms with Gasteiger partial charge < -0.3 is 9.84 Å². The summed E-state index contributed by atoms with van der Waals surface area (Å²) in [5, 5.41) is 9.57. The third-order valence-corrected chi connectivity index (χ3v) is 3.46. The molecule has 18 heavy (non-hydrogen) atoms. The number of hydrogen-bond acceptors (Lipinski definition) is 3. The van der Waals surface area contributed by atoms with Gasteiger partial charge in [-0.25, -0.2) is 4.79 Å². The zero-order valence-corrected chi connectivity index (χ0v) is 11.4. The summed E-state index contributed by atoms with van der Waals surface area (Å²) in [6.07, 6.45) is 0. The highest BCUT2D eigenvalue weighted by Crippen LogP contribution is 2.29. The molecule has 0 unspecified atom stereocenters. The maximum absolute atomic E-state index is 11.7. The lowest BCUT2D eigenvalue weighted by Crippen LogP contribution is -2.49. The number of ether oxygens (including phenoxy) is 1. The number of methoxy groups -OCH3 is 1. The van der Waals surface area contributed by atoms with Crippen LogP contribution in [0.15, 0.2) is 24.3 Å². The molecule has 100 valence electrons. The van der Waals surface area contributed by atoms with Gasteiger partial charge in [-0.3, -0.25) is 4.90 Å². The SMILES string of the molecule is CCN(CC)[C@@](C)(C(=O)O)c1ccc(OC)cc1. The highest BCUT2D eigenvalue weighted by Gasteiger charge is 2.39. The molecule has 0 aromatic heterocycles. The summed E-state index contributed by atoms with van der Waals surface area (Å²) in [5.74, 6) is -0.109. The van der Waals surface area contributed by atoms with E-state index in [1.165, 1.54) is 0 Å². The number of aliphatic carboxylic acids is 1. The van der Waals surface area contributed by atoms with Crippen LogP contribution in [0.5, 0.6) is 5.75 Å². The lowest BCUT2D eigenvalue weighted by Gasteiger charge is -2.37. The Labute approximate surface area is 108 Å². The Bertz CT molecular complexity index is 398. The Morgan fingerprint density at radius 3 is 2.11 bits per heavy atom. The lowest BCUT2D eigenvalue weighted by atomic mass is 9.90. The molecule has 1 rings (SSSR count). The van der Waals surface area contributed by atoms with Crippen molar-refractivity contribution in [2.45, 2.75) is 26.3 Å². The van der Waals surface area contributed by atoms with Crippen molar-refractivity contribution < 1.29 is 14.6 Å². The van der Waals surface area contributed by atoms with E-state index in [4.69, 9.17) is 4.74 Å². The van der Waals surface area contributed by atoms with Crippen molar-refractivity contribution in [3.63, 3.8) is 0 Å². The molecule has 1 aromatic carbocycles. The van der Waals surface area contributed by atoms with E-state index in [0.717, 1.165) is 11.3 Å². The van der Waals surface area contributed by atoms with Gasteiger partial charge >= 0.3 is 5.97 Å². The summed E-state index contributed by atoms with van der Waals surface area (Å²) >= 11 is 0. The maximum Gasteiger partial charge on any atom is 0.328 e. The van der Waals surface area contributed by atoms with Crippen LogP contribution in [0.25, 0.3) is 0 Å². The molecule has 0 amide bonds. The minimum absolute atomic E-state index is 0.686. The van der Waals surface area contributed by atoms with Gasteiger partial charge in [0, 0.05) is 0 Å². The minimum Gasteiger partial charge on any atom is -0.497 e. The zero-order valence-electron chi connectivity index (χ0n) is 11.4. The first-order valence-corrected chi connectivity index (χ1v) is 6.13. The molecule has 4 nitrogen and oxygen atoms in total. The molecule has 0 heterocycles. The van der Waals surface area contributed by atoms with Gasteiger partial charge in [0.05, 0.1) is 7.11 Å². The van der Waals surface area contributed by atoms with Crippen LogP contribution in [-0.4, -0.2) is 36.2 Å². The highest BCUT2D eigenvalue weighted by molar-refractivity contribution is 5.80. The van der Waals surface area contributed by atoms with Crippen LogP contribution in [0, 0.1) is 0 Å². The fourth-order valence-electron chi connectivity index (χ4n) is 2.21. The van der Waals surface area contributed by atoms with Crippen LogP contribution in [-0.2, 0) is 10.3 Å². The fourth-order valence-corrected chi connectivity index (χ4v) is 2.21. The van der Waals surface area contributed by atoms with Gasteiger partial charge in [0.1, 0.15) is 11.3 Å². The summed E-state index contributed by atoms with van der Waals surface area (Å²) in [5.41, 5.74) is -0.241. The van der Waals surface area contributed by atoms with E-state index >= 15 is 0 Å². The van der Waals surface area contributed by atoms with Crippen LogP contribution in [0.3, 0.4) is 0 Å². The summed E-state index contributed by atoms with van der Waals surface area (Å²) in [6, 6.07) is 7.20. The average molecular weight is 251 g/mol. The summed E-state index contributed by atoms with van der Waals surface area (Å²) in [4.78, 5) is 13.6. The molecule has 0 saturated heterocycles. The first-order chi connectivity index (χ1) is 8.50. The third-order valence-electron chi connectivity index (χ3n) is 3.46. The first kappa shape index (κ1) is 14.5. The van der Waals surface area contributed by atoms with E-state index < -0.39 is 11.5 Å². The molecule has 0 aliphatic rings. The van der Waals surface area contributed by atoms with Crippen LogP contribution in [0.1, 0.15) is 26.3 Å². The van der Waals surface area contributed by atoms with Crippen LogP contribution >= 0.6 is 0 Å². The monoisotopic (exact) mass is 251 g/mol. The predicted octanol–water partition coefficient (Wildman–Crippen LogP) is 2.34. The van der Waals surface area contributed by atoms with Crippen molar-refractivity contribution in [1.82, 2.24) is 4.90 Å². The maximum atomic E-state index is 11.7. The van der Waals surface area contributed by atoms with E-state index in [2.05, 4.69) is 0 Å². The summed E-state index contributed by atoms with van der Waals surface area (Å²) < 4.78 is 5.09. The Morgan fingerprint density at radius 2 is 1.78 bits per heavy atom. The Morgan fingerprint density at radius 1 is 1.28 bits per heavy atom. The number of carbonyl (C=O) groups is 1. The van der Waals surface area contributed by atoms with Gasteiger partial charge in [-0.1, -0.05) is 26.0 Å². The molecule has 0 aliphatic carbocycles. The smallest absolute Gasteiger partial charge is 0.328 e. The molecular formula is C14H21NO3. The fraction of sp³-hybridized carbons (Fsp3) is 0.500. The second kappa shape index (κ2) is 5.87. The minimum atomic E-state index is -1.00. The normalized spacial score (nSPS) is 14.3. The number of rotatable bonds is 6. The van der Waals surface area contributed by atoms with Crippen molar-refractivity contribution in [1.29, 1.82) is 0 Å². The molecule has 0 radical (unpaired) electrons. The van der Waals surface area contributed by atoms with Crippen molar-refractivity contribution in [3.8, 4) is 5.75 Å². The molecule has 0 spiro atoms. The molecule has 0 saturated carbocycles. The topological polar surface area (TPSA) is 49.8 Å². The van der Waals surface area contributed by atoms with Crippen LogP contribution < -0.4 is 4.74 Å². The molecule has 0 aliphatic heterocycles. The van der Waals surface area contributed by atoms with E-state index in [-0.39, 0.29) is 0 Å². The van der Waals surface area contributed by atoms with E-state index in [9.17, 15) is 9.90 Å². The van der Waals surface area contributed by atoms with Gasteiger partial charge in [-0.05, 0) is 37.7 Å².